The first-order chi connectivity index (χ1) is 11.8. The fourth-order valence-corrected chi connectivity index (χ4v) is 3.68. The Balaban J connectivity index is 1.68. The van der Waals surface area contributed by atoms with Crippen LogP contribution in [0.2, 0.25) is 0 Å². The number of amides is 1. The van der Waals surface area contributed by atoms with Crippen LogP contribution in [0.1, 0.15) is 28.8 Å². The minimum absolute atomic E-state index is 0.143. The predicted molar refractivity (Wildman–Crippen MR) is 95.3 cm³/mol. The molecule has 0 radical (unpaired) electrons. The summed E-state index contributed by atoms with van der Waals surface area (Å²) in [5.74, 6) is 0.719. The summed E-state index contributed by atoms with van der Waals surface area (Å²) in [5, 5.41) is 11.7. The highest BCUT2D eigenvalue weighted by molar-refractivity contribution is 7.99. The molecule has 1 atom stereocenters. The van der Waals surface area contributed by atoms with Crippen LogP contribution in [-0.4, -0.2) is 24.4 Å². The van der Waals surface area contributed by atoms with Gasteiger partial charge < -0.3 is 10.1 Å². The second-order valence-electron chi connectivity index (χ2n) is 5.59. The SMILES string of the molecule is N#Cc1ccc(NC(=O)c2ccccc2SCC2CCCO2)cc1. The number of nitrogens with zero attached hydrogens (tertiary/aromatic N) is 1. The smallest absolute Gasteiger partial charge is 0.256 e. The highest BCUT2D eigenvalue weighted by atomic mass is 32.2. The molecule has 1 saturated heterocycles. The fourth-order valence-electron chi connectivity index (χ4n) is 2.57. The Labute approximate surface area is 145 Å². The van der Waals surface area contributed by atoms with Crippen molar-refractivity contribution in [3.8, 4) is 6.07 Å². The molecule has 0 aromatic heterocycles. The minimum atomic E-state index is -0.143. The summed E-state index contributed by atoms with van der Waals surface area (Å²) in [6, 6.07) is 16.5. The molecule has 1 heterocycles. The molecule has 2 aromatic carbocycles. The second kappa shape index (κ2) is 8.00. The molecule has 4 nitrogen and oxygen atoms in total. The predicted octanol–water partition coefficient (Wildman–Crippen LogP) is 4.08. The number of hydrogen-bond acceptors (Lipinski definition) is 4. The number of rotatable bonds is 5. The van der Waals surface area contributed by atoms with Crippen molar-refractivity contribution in [2.45, 2.75) is 23.8 Å². The van der Waals surface area contributed by atoms with Gasteiger partial charge in [-0.15, -0.1) is 11.8 Å². The van der Waals surface area contributed by atoms with Crippen LogP contribution in [0.5, 0.6) is 0 Å². The van der Waals surface area contributed by atoms with E-state index in [1.54, 1.807) is 36.0 Å². The number of carbonyl (C=O) groups excluding carboxylic acids is 1. The fraction of sp³-hybridized carbons (Fsp3) is 0.263. The van der Waals surface area contributed by atoms with Crippen molar-refractivity contribution >= 4 is 23.4 Å². The molecule has 1 unspecified atom stereocenters. The molecule has 24 heavy (non-hydrogen) atoms. The molecule has 2 aromatic rings. The van der Waals surface area contributed by atoms with Gasteiger partial charge in [0, 0.05) is 22.9 Å². The van der Waals surface area contributed by atoms with Crippen LogP contribution in [0.3, 0.4) is 0 Å². The average molecular weight is 338 g/mol. The Hall–Kier alpha value is -2.29. The first-order valence-electron chi connectivity index (χ1n) is 7.91. The zero-order valence-electron chi connectivity index (χ0n) is 13.2. The monoisotopic (exact) mass is 338 g/mol. The number of ether oxygens (including phenoxy) is 1. The van der Waals surface area contributed by atoms with E-state index in [2.05, 4.69) is 11.4 Å². The highest BCUT2D eigenvalue weighted by Gasteiger charge is 2.18. The Morgan fingerprint density at radius 1 is 1.25 bits per heavy atom. The Bertz CT molecular complexity index is 747. The van der Waals surface area contributed by atoms with Gasteiger partial charge in [0.1, 0.15) is 0 Å². The third kappa shape index (κ3) is 4.16. The van der Waals surface area contributed by atoms with E-state index in [0.29, 0.717) is 16.8 Å². The van der Waals surface area contributed by atoms with Gasteiger partial charge in [0.25, 0.3) is 5.91 Å². The first-order valence-corrected chi connectivity index (χ1v) is 8.90. The normalized spacial score (nSPS) is 16.5. The molecule has 3 rings (SSSR count). The molecule has 0 saturated carbocycles. The second-order valence-corrected chi connectivity index (χ2v) is 6.65. The van der Waals surface area contributed by atoms with Gasteiger partial charge in [0.05, 0.1) is 23.3 Å². The van der Waals surface area contributed by atoms with Gasteiger partial charge in [0.2, 0.25) is 0 Å². The van der Waals surface area contributed by atoms with Gasteiger partial charge in [-0.05, 0) is 49.2 Å². The van der Waals surface area contributed by atoms with Crippen molar-refractivity contribution < 1.29 is 9.53 Å². The molecule has 1 amide bonds. The van der Waals surface area contributed by atoms with Crippen molar-refractivity contribution in [1.82, 2.24) is 0 Å². The van der Waals surface area contributed by atoms with Gasteiger partial charge >= 0.3 is 0 Å². The van der Waals surface area contributed by atoms with E-state index in [1.165, 1.54) is 0 Å². The summed E-state index contributed by atoms with van der Waals surface area (Å²) < 4.78 is 5.64. The molecule has 5 heteroatoms. The zero-order chi connectivity index (χ0) is 16.8. The number of benzene rings is 2. The van der Waals surface area contributed by atoms with Crippen LogP contribution in [0.15, 0.2) is 53.4 Å². The highest BCUT2D eigenvalue weighted by Crippen LogP contribution is 2.27. The summed E-state index contributed by atoms with van der Waals surface area (Å²) in [7, 11) is 0. The number of anilines is 1. The topological polar surface area (TPSA) is 62.1 Å². The Morgan fingerprint density at radius 3 is 2.75 bits per heavy atom. The van der Waals surface area contributed by atoms with Crippen LogP contribution in [-0.2, 0) is 4.74 Å². The molecule has 1 fully saturated rings. The van der Waals surface area contributed by atoms with Crippen molar-refractivity contribution in [3.63, 3.8) is 0 Å². The van der Waals surface area contributed by atoms with E-state index >= 15 is 0 Å². The van der Waals surface area contributed by atoms with Gasteiger partial charge in [-0.2, -0.15) is 5.26 Å². The molecule has 0 bridgehead atoms. The van der Waals surface area contributed by atoms with Crippen LogP contribution < -0.4 is 5.32 Å². The molecule has 1 aliphatic rings. The third-order valence-corrected chi connectivity index (χ3v) is 5.06. The maximum Gasteiger partial charge on any atom is 0.256 e. The first kappa shape index (κ1) is 16.6. The molecule has 1 aliphatic heterocycles. The van der Waals surface area contributed by atoms with E-state index < -0.39 is 0 Å². The van der Waals surface area contributed by atoms with E-state index in [0.717, 1.165) is 30.1 Å². The van der Waals surface area contributed by atoms with Crippen LogP contribution in [0, 0.1) is 11.3 Å². The molecule has 0 aliphatic carbocycles. The van der Waals surface area contributed by atoms with Gasteiger partial charge in [-0.1, -0.05) is 12.1 Å². The minimum Gasteiger partial charge on any atom is -0.377 e. The van der Waals surface area contributed by atoms with Crippen LogP contribution in [0.25, 0.3) is 0 Å². The maximum absolute atomic E-state index is 12.6. The number of nitrogens with one attached hydrogen (secondary N) is 1. The van der Waals surface area contributed by atoms with E-state index in [1.807, 2.05) is 24.3 Å². The third-order valence-electron chi connectivity index (χ3n) is 3.85. The summed E-state index contributed by atoms with van der Waals surface area (Å²) in [4.78, 5) is 13.5. The molecule has 122 valence electrons. The molecule has 1 N–H and O–H groups in total. The lowest BCUT2D eigenvalue weighted by Crippen LogP contribution is -2.14. The largest absolute Gasteiger partial charge is 0.377 e. The Kier molecular flexibility index (Phi) is 5.52. The lowest BCUT2D eigenvalue weighted by molar-refractivity contribution is 0.102. The van der Waals surface area contributed by atoms with Crippen molar-refractivity contribution in [2.24, 2.45) is 0 Å². The maximum atomic E-state index is 12.6. The van der Waals surface area contributed by atoms with E-state index in [4.69, 9.17) is 10.00 Å². The zero-order valence-corrected chi connectivity index (χ0v) is 14.0. The summed E-state index contributed by atoms with van der Waals surface area (Å²) in [6.07, 6.45) is 2.49. The van der Waals surface area contributed by atoms with Gasteiger partial charge in [-0.3, -0.25) is 4.79 Å². The van der Waals surface area contributed by atoms with E-state index in [9.17, 15) is 4.79 Å². The van der Waals surface area contributed by atoms with Crippen LogP contribution in [0.4, 0.5) is 5.69 Å². The number of nitriles is 1. The lowest BCUT2D eigenvalue weighted by Gasteiger charge is -2.12. The summed E-state index contributed by atoms with van der Waals surface area (Å²) in [5.41, 5.74) is 1.91. The van der Waals surface area contributed by atoms with Crippen molar-refractivity contribution in [3.05, 3.63) is 59.7 Å². The van der Waals surface area contributed by atoms with E-state index in [-0.39, 0.29) is 12.0 Å². The Morgan fingerprint density at radius 2 is 2.04 bits per heavy atom. The van der Waals surface area contributed by atoms with Gasteiger partial charge in [-0.25, -0.2) is 0 Å². The van der Waals surface area contributed by atoms with Crippen molar-refractivity contribution in [1.29, 1.82) is 5.26 Å². The molecule has 0 spiro atoms. The van der Waals surface area contributed by atoms with Crippen molar-refractivity contribution in [2.75, 3.05) is 17.7 Å². The molecular weight excluding hydrogens is 320 g/mol. The molecular formula is C19H18N2O2S. The number of carbonyl (C=O) groups is 1. The summed E-state index contributed by atoms with van der Waals surface area (Å²) in [6.45, 7) is 0.839. The van der Waals surface area contributed by atoms with Crippen LogP contribution >= 0.6 is 11.8 Å². The quantitative estimate of drug-likeness (QED) is 0.834. The number of hydrogen-bond donors (Lipinski definition) is 1. The standard InChI is InChI=1S/C19H18N2O2S/c20-12-14-7-9-15(10-8-14)21-19(22)17-5-1-2-6-18(17)24-13-16-4-3-11-23-16/h1-2,5-10,16H,3-4,11,13H2,(H,21,22). The number of thioether (sulfide) groups is 1. The summed E-state index contributed by atoms with van der Waals surface area (Å²) >= 11 is 1.66. The average Bonchev–Trinajstić information content (AvgIpc) is 3.14. The lowest BCUT2D eigenvalue weighted by atomic mass is 10.2. The van der Waals surface area contributed by atoms with Gasteiger partial charge in [0.15, 0.2) is 0 Å².